The molecule has 0 unspecified atom stereocenters. The second-order valence-corrected chi connectivity index (χ2v) is 4.14. The second-order valence-electron chi connectivity index (χ2n) is 3.05. The normalized spacial score (nSPS) is 11.3. The molecule has 0 N–H and O–H groups in total. The third-order valence-electron chi connectivity index (χ3n) is 1.75. The van der Waals surface area contributed by atoms with Crippen molar-refractivity contribution in [3.63, 3.8) is 0 Å². The third kappa shape index (κ3) is 2.67. The van der Waals surface area contributed by atoms with Gasteiger partial charge in [-0.3, -0.25) is 0 Å². The monoisotopic (exact) mass is 242 g/mol. The Hall–Kier alpha value is -1.12. The molecule has 1 heterocycles. The number of nitriles is 1. The Balaban J connectivity index is 3.12. The quantitative estimate of drug-likeness (QED) is 0.455. The smallest absolute Gasteiger partial charge is 0.199 e. The van der Waals surface area contributed by atoms with Crippen LogP contribution in [0.2, 0.25) is 0 Å². The van der Waals surface area contributed by atoms with E-state index in [9.17, 15) is 0 Å². The van der Waals surface area contributed by atoms with Crippen LogP contribution >= 0.6 is 23.1 Å². The highest BCUT2D eigenvalue weighted by Gasteiger charge is 2.12. The Labute approximate surface area is 98.0 Å². The third-order valence-corrected chi connectivity index (χ3v) is 2.96. The molecule has 0 saturated heterocycles. The standard InChI is InChI=1S/C9H11ClN4S/c1-4-7-6(5-11)8(15-13-7)12-9(10)14(2)3/h4H2,1-3H3. The largest absolute Gasteiger partial charge is 0.353 e. The van der Waals surface area contributed by atoms with Crippen LogP contribution < -0.4 is 0 Å². The van der Waals surface area contributed by atoms with Crippen molar-refractivity contribution in [2.75, 3.05) is 14.1 Å². The van der Waals surface area contributed by atoms with Gasteiger partial charge in [0.25, 0.3) is 0 Å². The van der Waals surface area contributed by atoms with Gasteiger partial charge in [-0.15, -0.1) is 0 Å². The van der Waals surface area contributed by atoms with Gasteiger partial charge < -0.3 is 4.90 Å². The van der Waals surface area contributed by atoms with Crippen LogP contribution in [0.15, 0.2) is 4.99 Å². The molecule has 0 bridgehead atoms. The van der Waals surface area contributed by atoms with Crippen LogP contribution in [-0.4, -0.2) is 28.7 Å². The predicted molar refractivity (Wildman–Crippen MR) is 62.8 cm³/mol. The molecule has 1 aromatic rings. The minimum atomic E-state index is 0.345. The fraction of sp³-hybridized carbons (Fsp3) is 0.444. The molecule has 0 radical (unpaired) electrons. The Morgan fingerprint density at radius 1 is 1.67 bits per heavy atom. The summed E-state index contributed by atoms with van der Waals surface area (Å²) < 4.78 is 4.15. The Morgan fingerprint density at radius 2 is 2.33 bits per heavy atom. The van der Waals surface area contributed by atoms with Crippen molar-refractivity contribution in [1.29, 1.82) is 5.26 Å². The van der Waals surface area contributed by atoms with Gasteiger partial charge in [-0.2, -0.15) is 9.64 Å². The van der Waals surface area contributed by atoms with E-state index in [-0.39, 0.29) is 0 Å². The summed E-state index contributed by atoms with van der Waals surface area (Å²) in [7, 11) is 3.58. The molecule has 0 aliphatic rings. The summed E-state index contributed by atoms with van der Waals surface area (Å²) in [4.78, 5) is 5.81. The maximum atomic E-state index is 8.96. The average Bonchev–Trinajstić information content (AvgIpc) is 2.59. The van der Waals surface area contributed by atoms with Crippen molar-refractivity contribution in [3.05, 3.63) is 11.3 Å². The van der Waals surface area contributed by atoms with Gasteiger partial charge in [0.2, 0.25) is 0 Å². The van der Waals surface area contributed by atoms with Crippen LogP contribution in [0.5, 0.6) is 0 Å². The zero-order valence-electron chi connectivity index (χ0n) is 8.78. The maximum absolute atomic E-state index is 8.96. The summed E-state index contributed by atoms with van der Waals surface area (Å²) >= 11 is 7.08. The van der Waals surface area contributed by atoms with E-state index in [1.54, 1.807) is 19.0 Å². The van der Waals surface area contributed by atoms with E-state index < -0.39 is 0 Å². The number of nitrogens with zero attached hydrogens (tertiary/aromatic N) is 4. The number of aliphatic imine (C=N–C) groups is 1. The average molecular weight is 243 g/mol. The lowest BCUT2D eigenvalue weighted by Crippen LogP contribution is -2.15. The summed E-state index contributed by atoms with van der Waals surface area (Å²) in [6.07, 6.45) is 0.731. The summed E-state index contributed by atoms with van der Waals surface area (Å²) in [5.41, 5.74) is 1.31. The van der Waals surface area contributed by atoms with Gasteiger partial charge in [0, 0.05) is 14.1 Å². The first-order chi connectivity index (χ1) is 7.10. The minimum Gasteiger partial charge on any atom is -0.353 e. The summed E-state index contributed by atoms with van der Waals surface area (Å²) in [6.45, 7) is 1.96. The number of rotatable bonds is 2. The Kier molecular flexibility index (Phi) is 4.06. The molecule has 0 amide bonds. The molecule has 80 valence electrons. The number of halogens is 1. The van der Waals surface area contributed by atoms with Crippen molar-refractivity contribution < 1.29 is 0 Å². The van der Waals surface area contributed by atoms with E-state index in [1.165, 1.54) is 11.5 Å². The summed E-state index contributed by atoms with van der Waals surface area (Å²) in [6, 6.07) is 2.10. The molecule has 0 spiro atoms. The molecule has 0 aliphatic carbocycles. The van der Waals surface area contributed by atoms with Crippen LogP contribution in [-0.2, 0) is 6.42 Å². The molecule has 4 nitrogen and oxygen atoms in total. The van der Waals surface area contributed by atoms with E-state index in [1.807, 2.05) is 6.92 Å². The number of hydrogen-bond acceptors (Lipinski definition) is 4. The molecule has 0 fully saturated rings. The summed E-state index contributed by atoms with van der Waals surface area (Å²) in [5, 5.41) is 9.88. The SMILES string of the molecule is CCc1nsc(N=C(Cl)N(C)C)c1C#N. The van der Waals surface area contributed by atoms with Crippen LogP contribution in [0.1, 0.15) is 18.2 Å². The van der Waals surface area contributed by atoms with Crippen molar-refractivity contribution in [1.82, 2.24) is 9.27 Å². The van der Waals surface area contributed by atoms with Gasteiger partial charge in [-0.25, -0.2) is 4.99 Å². The fourth-order valence-corrected chi connectivity index (χ4v) is 1.86. The predicted octanol–water partition coefficient (Wildman–Crippen LogP) is 2.37. The van der Waals surface area contributed by atoms with Gasteiger partial charge >= 0.3 is 0 Å². The molecule has 6 heteroatoms. The number of aryl methyl sites for hydroxylation is 1. The molecule has 0 aromatic carbocycles. The fourth-order valence-electron chi connectivity index (χ4n) is 0.927. The van der Waals surface area contributed by atoms with E-state index >= 15 is 0 Å². The van der Waals surface area contributed by atoms with E-state index in [0.717, 1.165) is 12.1 Å². The number of aromatic nitrogens is 1. The minimum absolute atomic E-state index is 0.345. The number of hydrogen-bond donors (Lipinski definition) is 0. The van der Waals surface area contributed by atoms with E-state index in [2.05, 4.69) is 15.4 Å². The zero-order chi connectivity index (χ0) is 11.4. The van der Waals surface area contributed by atoms with Crippen molar-refractivity contribution in [3.8, 4) is 6.07 Å². The molecular weight excluding hydrogens is 232 g/mol. The zero-order valence-corrected chi connectivity index (χ0v) is 10.4. The molecule has 15 heavy (non-hydrogen) atoms. The first kappa shape index (κ1) is 12.0. The molecule has 0 saturated carbocycles. The number of amidine groups is 1. The van der Waals surface area contributed by atoms with Gasteiger partial charge in [0.05, 0.1) is 5.69 Å². The van der Waals surface area contributed by atoms with Crippen LogP contribution in [0.25, 0.3) is 0 Å². The first-order valence-corrected chi connectivity index (χ1v) is 5.55. The molecule has 0 atom stereocenters. The lowest BCUT2D eigenvalue weighted by atomic mass is 10.2. The highest BCUT2D eigenvalue weighted by Crippen LogP contribution is 2.28. The Morgan fingerprint density at radius 3 is 2.80 bits per heavy atom. The highest BCUT2D eigenvalue weighted by atomic mass is 35.5. The van der Waals surface area contributed by atoms with Crippen molar-refractivity contribution in [2.24, 2.45) is 4.99 Å². The van der Waals surface area contributed by atoms with Gasteiger partial charge in [0.15, 0.2) is 10.3 Å². The molecule has 1 rings (SSSR count). The lowest BCUT2D eigenvalue weighted by molar-refractivity contribution is 0.635. The van der Waals surface area contributed by atoms with Crippen molar-refractivity contribution in [2.45, 2.75) is 13.3 Å². The van der Waals surface area contributed by atoms with Crippen LogP contribution in [0.3, 0.4) is 0 Å². The maximum Gasteiger partial charge on any atom is 0.199 e. The first-order valence-electron chi connectivity index (χ1n) is 4.40. The van der Waals surface area contributed by atoms with Crippen LogP contribution in [0.4, 0.5) is 5.00 Å². The second kappa shape index (κ2) is 5.10. The van der Waals surface area contributed by atoms with E-state index in [0.29, 0.717) is 15.9 Å². The van der Waals surface area contributed by atoms with Gasteiger partial charge in [0.1, 0.15) is 11.6 Å². The topological polar surface area (TPSA) is 52.3 Å². The highest BCUT2D eigenvalue weighted by molar-refractivity contribution is 7.10. The van der Waals surface area contributed by atoms with Gasteiger partial charge in [-0.05, 0) is 29.6 Å². The Bertz CT molecular complexity index is 416. The molecule has 1 aromatic heterocycles. The lowest BCUT2D eigenvalue weighted by Gasteiger charge is -2.07. The molecular formula is C9H11ClN4S. The van der Waals surface area contributed by atoms with E-state index in [4.69, 9.17) is 16.9 Å². The summed E-state index contributed by atoms with van der Waals surface area (Å²) in [5.74, 6) is 0. The van der Waals surface area contributed by atoms with Crippen LogP contribution in [0, 0.1) is 11.3 Å². The van der Waals surface area contributed by atoms with Crippen molar-refractivity contribution >= 4 is 33.4 Å². The molecule has 0 aliphatic heterocycles. The van der Waals surface area contributed by atoms with Gasteiger partial charge in [-0.1, -0.05) is 6.92 Å².